The summed E-state index contributed by atoms with van der Waals surface area (Å²) in [4.78, 5) is 10.3. The molecule has 1 heterocycles. The Morgan fingerprint density at radius 3 is 2.14 bits per heavy atom. The van der Waals surface area contributed by atoms with Crippen LogP contribution in [-0.4, -0.2) is 18.0 Å². The van der Waals surface area contributed by atoms with E-state index in [-0.39, 0.29) is 18.0 Å². The molecule has 0 amide bonds. The molecule has 40 valence electrons. The molecular formula is C5H8O2. The molecule has 1 aliphatic heterocycles. The third-order valence-electron chi connectivity index (χ3n) is 1.11. The van der Waals surface area contributed by atoms with E-state index in [1.807, 2.05) is 6.92 Å². The third-order valence-corrected chi connectivity index (χ3v) is 1.11. The molecule has 0 unspecified atom stereocenters. The summed E-state index contributed by atoms with van der Waals surface area (Å²) >= 11 is 0. The molecule has 0 aromatic rings. The summed E-state index contributed by atoms with van der Waals surface area (Å²) in [5.41, 5.74) is 0. The minimum Gasteiger partial charge on any atom is -0.362 e. The zero-order valence-electron chi connectivity index (χ0n) is 4.47. The van der Waals surface area contributed by atoms with Crippen LogP contribution in [0.15, 0.2) is 0 Å². The summed E-state index contributed by atoms with van der Waals surface area (Å²) < 4.78 is 4.83. The first-order valence-electron chi connectivity index (χ1n) is 2.37. The van der Waals surface area contributed by atoms with Crippen molar-refractivity contribution in [1.82, 2.24) is 0 Å². The van der Waals surface area contributed by atoms with Crippen LogP contribution >= 0.6 is 0 Å². The molecule has 2 nitrogen and oxygen atoms in total. The minimum absolute atomic E-state index is 0.0694. The lowest BCUT2D eigenvalue weighted by Gasteiger charge is -1.74. The number of Topliss-reactive ketones (excluding diaryl/α,β-unsaturated/α-hetero) is 1. The van der Waals surface area contributed by atoms with E-state index < -0.39 is 0 Å². The number of hydrogen-bond donors (Lipinski definition) is 0. The SMILES string of the molecule is CC(=O)[C@H]1O[C@@H]1C. The van der Waals surface area contributed by atoms with Crippen molar-refractivity contribution in [2.24, 2.45) is 0 Å². The Morgan fingerprint density at radius 1 is 1.71 bits per heavy atom. The fraction of sp³-hybridized carbons (Fsp3) is 0.800. The van der Waals surface area contributed by atoms with Crippen LogP contribution in [0.1, 0.15) is 13.8 Å². The highest BCUT2D eigenvalue weighted by Crippen LogP contribution is 2.20. The van der Waals surface area contributed by atoms with Crippen LogP contribution in [0.4, 0.5) is 0 Å². The zero-order chi connectivity index (χ0) is 5.44. The topological polar surface area (TPSA) is 29.6 Å². The first kappa shape index (κ1) is 4.78. The second kappa shape index (κ2) is 1.30. The number of epoxide rings is 1. The molecule has 0 N–H and O–H groups in total. The Balaban J connectivity index is 2.33. The van der Waals surface area contributed by atoms with Gasteiger partial charge in [0.15, 0.2) is 5.78 Å². The molecule has 0 bridgehead atoms. The molecule has 1 aliphatic rings. The van der Waals surface area contributed by atoms with E-state index in [1.54, 1.807) is 6.92 Å². The van der Waals surface area contributed by atoms with Crippen molar-refractivity contribution < 1.29 is 9.53 Å². The average Bonchev–Trinajstić information content (AvgIpc) is 2.17. The summed E-state index contributed by atoms with van der Waals surface area (Å²) in [6, 6.07) is 0. The van der Waals surface area contributed by atoms with Gasteiger partial charge in [-0.05, 0) is 13.8 Å². The van der Waals surface area contributed by atoms with E-state index in [9.17, 15) is 4.79 Å². The largest absolute Gasteiger partial charge is 0.362 e. The Labute approximate surface area is 42.5 Å². The molecule has 0 radical (unpaired) electrons. The Kier molecular flexibility index (Phi) is 0.889. The van der Waals surface area contributed by atoms with Crippen LogP contribution < -0.4 is 0 Å². The van der Waals surface area contributed by atoms with Gasteiger partial charge in [0.25, 0.3) is 0 Å². The molecule has 0 aromatic carbocycles. The number of ether oxygens (including phenoxy) is 1. The average molecular weight is 100 g/mol. The van der Waals surface area contributed by atoms with Crippen molar-refractivity contribution >= 4 is 5.78 Å². The lowest BCUT2D eigenvalue weighted by atomic mass is 10.3. The molecule has 1 saturated heterocycles. The van der Waals surface area contributed by atoms with Crippen LogP contribution in [0.5, 0.6) is 0 Å². The number of carbonyl (C=O) groups is 1. The maximum Gasteiger partial charge on any atom is 0.161 e. The maximum absolute atomic E-state index is 10.3. The second-order valence-electron chi connectivity index (χ2n) is 1.87. The number of ketones is 1. The summed E-state index contributed by atoms with van der Waals surface area (Å²) in [5.74, 6) is 0.146. The van der Waals surface area contributed by atoms with Gasteiger partial charge in [0.2, 0.25) is 0 Å². The van der Waals surface area contributed by atoms with Crippen LogP contribution in [0.3, 0.4) is 0 Å². The molecule has 7 heavy (non-hydrogen) atoms. The predicted octanol–water partition coefficient (Wildman–Crippen LogP) is 0.363. The molecule has 0 aliphatic carbocycles. The lowest BCUT2D eigenvalue weighted by Crippen LogP contribution is -2.01. The van der Waals surface area contributed by atoms with E-state index in [1.165, 1.54) is 0 Å². The summed E-state index contributed by atoms with van der Waals surface area (Å²) in [5, 5.41) is 0. The van der Waals surface area contributed by atoms with Gasteiger partial charge >= 0.3 is 0 Å². The van der Waals surface area contributed by atoms with Crippen molar-refractivity contribution in [2.75, 3.05) is 0 Å². The monoisotopic (exact) mass is 100 g/mol. The van der Waals surface area contributed by atoms with Crippen LogP contribution in [0.2, 0.25) is 0 Å². The van der Waals surface area contributed by atoms with Crippen LogP contribution in [-0.2, 0) is 9.53 Å². The molecule has 2 atom stereocenters. The predicted molar refractivity (Wildman–Crippen MR) is 25.0 cm³/mol. The highest BCUT2D eigenvalue weighted by molar-refractivity contribution is 5.83. The van der Waals surface area contributed by atoms with E-state index >= 15 is 0 Å². The summed E-state index contributed by atoms with van der Waals surface area (Å²) in [7, 11) is 0. The Bertz CT molecular complexity index is 98.3. The maximum atomic E-state index is 10.3. The molecular weight excluding hydrogens is 92.1 g/mol. The van der Waals surface area contributed by atoms with Crippen molar-refractivity contribution in [3.8, 4) is 0 Å². The third kappa shape index (κ3) is 0.800. The van der Waals surface area contributed by atoms with Crippen molar-refractivity contribution in [2.45, 2.75) is 26.1 Å². The summed E-state index contributed by atoms with van der Waals surface area (Å²) in [6.45, 7) is 3.44. The van der Waals surface area contributed by atoms with E-state index in [0.717, 1.165) is 0 Å². The quantitative estimate of drug-likeness (QED) is 0.445. The van der Waals surface area contributed by atoms with Gasteiger partial charge in [-0.3, -0.25) is 4.79 Å². The lowest BCUT2D eigenvalue weighted by molar-refractivity contribution is -0.118. The van der Waals surface area contributed by atoms with Crippen molar-refractivity contribution in [1.29, 1.82) is 0 Å². The first-order valence-corrected chi connectivity index (χ1v) is 2.37. The van der Waals surface area contributed by atoms with Gasteiger partial charge in [-0.2, -0.15) is 0 Å². The van der Waals surface area contributed by atoms with Crippen LogP contribution in [0.25, 0.3) is 0 Å². The normalized spacial score (nSPS) is 38.0. The first-order chi connectivity index (χ1) is 3.22. The molecule has 1 fully saturated rings. The molecule has 2 heteroatoms. The van der Waals surface area contributed by atoms with Gasteiger partial charge in [-0.15, -0.1) is 0 Å². The molecule has 0 aromatic heterocycles. The number of rotatable bonds is 1. The molecule has 0 spiro atoms. The van der Waals surface area contributed by atoms with Gasteiger partial charge in [0.05, 0.1) is 6.10 Å². The second-order valence-corrected chi connectivity index (χ2v) is 1.87. The van der Waals surface area contributed by atoms with Gasteiger partial charge in [-0.25, -0.2) is 0 Å². The van der Waals surface area contributed by atoms with E-state index in [4.69, 9.17) is 4.74 Å². The van der Waals surface area contributed by atoms with Gasteiger partial charge in [-0.1, -0.05) is 0 Å². The standard InChI is InChI=1S/C5H8O2/c1-3(6)5-4(2)7-5/h4-5H,1-2H3/t4-,5-/m1/s1. The Hall–Kier alpha value is -0.370. The fourth-order valence-electron chi connectivity index (χ4n) is 0.612. The van der Waals surface area contributed by atoms with Crippen molar-refractivity contribution in [3.63, 3.8) is 0 Å². The van der Waals surface area contributed by atoms with Crippen molar-refractivity contribution in [3.05, 3.63) is 0 Å². The molecule has 0 saturated carbocycles. The minimum atomic E-state index is -0.0694. The van der Waals surface area contributed by atoms with E-state index in [2.05, 4.69) is 0 Å². The van der Waals surface area contributed by atoms with Gasteiger partial charge in [0.1, 0.15) is 6.10 Å². The fourth-order valence-corrected chi connectivity index (χ4v) is 0.612. The zero-order valence-corrected chi connectivity index (χ0v) is 4.47. The van der Waals surface area contributed by atoms with Gasteiger partial charge in [0, 0.05) is 0 Å². The number of hydrogen-bond acceptors (Lipinski definition) is 2. The Morgan fingerprint density at radius 2 is 2.14 bits per heavy atom. The van der Waals surface area contributed by atoms with E-state index in [0.29, 0.717) is 0 Å². The molecule has 1 rings (SSSR count). The highest BCUT2D eigenvalue weighted by Gasteiger charge is 2.37. The van der Waals surface area contributed by atoms with Crippen LogP contribution in [0, 0.1) is 0 Å². The highest BCUT2D eigenvalue weighted by atomic mass is 16.6. The van der Waals surface area contributed by atoms with Gasteiger partial charge < -0.3 is 4.74 Å². The number of carbonyl (C=O) groups excluding carboxylic acids is 1. The summed E-state index contributed by atoms with van der Waals surface area (Å²) in [6.07, 6.45) is 0.123. The smallest absolute Gasteiger partial charge is 0.161 e.